The van der Waals surface area contributed by atoms with E-state index in [0.29, 0.717) is 12.6 Å². The molecule has 7 heteroatoms. The van der Waals surface area contributed by atoms with E-state index in [2.05, 4.69) is 27.0 Å². The van der Waals surface area contributed by atoms with Gasteiger partial charge in [-0.05, 0) is 12.8 Å². The Labute approximate surface area is 101 Å². The molecular formula is C10H18N6O. The molecule has 1 aromatic heterocycles. The summed E-state index contributed by atoms with van der Waals surface area (Å²) in [4.78, 5) is 14.0. The maximum absolute atomic E-state index is 5.41. The van der Waals surface area contributed by atoms with Crippen LogP contribution in [0, 0.1) is 0 Å². The molecule has 0 aliphatic heterocycles. The molecule has 0 radical (unpaired) electrons. The second-order valence-corrected chi connectivity index (χ2v) is 3.56. The number of hydrogen-bond acceptors (Lipinski definition) is 7. The first-order valence-electron chi connectivity index (χ1n) is 5.31. The molecule has 0 aliphatic rings. The number of unbranched alkanes of at least 4 members (excludes halogenated alkanes) is 1. The average molecular weight is 238 g/mol. The summed E-state index contributed by atoms with van der Waals surface area (Å²) in [5.41, 5.74) is 2.38. The number of ether oxygens (including phenoxy) is 1. The van der Waals surface area contributed by atoms with E-state index in [9.17, 15) is 0 Å². The highest BCUT2D eigenvalue weighted by atomic mass is 16.5. The molecular weight excluding hydrogens is 220 g/mol. The van der Waals surface area contributed by atoms with Gasteiger partial charge in [0.1, 0.15) is 0 Å². The summed E-state index contributed by atoms with van der Waals surface area (Å²) in [7, 11) is 3.66. The van der Waals surface area contributed by atoms with Crippen molar-refractivity contribution in [3.63, 3.8) is 0 Å². The van der Waals surface area contributed by atoms with Gasteiger partial charge >= 0.3 is 6.01 Å². The third-order valence-corrected chi connectivity index (χ3v) is 1.92. The minimum Gasteiger partial charge on any atom is -0.463 e. The van der Waals surface area contributed by atoms with Gasteiger partial charge in [-0.15, -0.1) is 6.58 Å². The molecule has 1 aromatic rings. The molecule has 94 valence electrons. The summed E-state index contributed by atoms with van der Waals surface area (Å²) >= 11 is 0. The summed E-state index contributed by atoms with van der Waals surface area (Å²) in [5.74, 6) is 6.05. The van der Waals surface area contributed by atoms with Crippen molar-refractivity contribution in [2.75, 3.05) is 31.0 Å². The van der Waals surface area contributed by atoms with E-state index in [0.717, 1.165) is 12.8 Å². The predicted octanol–water partition coefficient (Wildman–Crippen LogP) is 0.568. The maximum atomic E-state index is 5.41. The molecule has 7 nitrogen and oxygen atoms in total. The van der Waals surface area contributed by atoms with Crippen molar-refractivity contribution in [1.82, 2.24) is 15.0 Å². The summed E-state index contributed by atoms with van der Waals surface area (Å²) in [6, 6.07) is 0.265. The van der Waals surface area contributed by atoms with Crippen molar-refractivity contribution < 1.29 is 4.74 Å². The zero-order valence-electron chi connectivity index (χ0n) is 10.2. The van der Waals surface area contributed by atoms with Gasteiger partial charge in [-0.25, -0.2) is 5.84 Å². The minimum atomic E-state index is 0.265. The summed E-state index contributed by atoms with van der Waals surface area (Å²) in [6.07, 6.45) is 3.61. The topological polar surface area (TPSA) is 89.2 Å². The summed E-state index contributed by atoms with van der Waals surface area (Å²) in [5, 5.41) is 0. The lowest BCUT2D eigenvalue weighted by Crippen LogP contribution is -2.18. The third-order valence-electron chi connectivity index (χ3n) is 1.92. The maximum Gasteiger partial charge on any atom is 0.323 e. The van der Waals surface area contributed by atoms with Gasteiger partial charge in [0, 0.05) is 14.1 Å². The van der Waals surface area contributed by atoms with Crippen molar-refractivity contribution in [1.29, 1.82) is 0 Å². The zero-order valence-corrected chi connectivity index (χ0v) is 10.2. The number of nitrogens with two attached hydrogens (primary N) is 1. The van der Waals surface area contributed by atoms with Gasteiger partial charge in [0.05, 0.1) is 6.61 Å². The number of nitrogens with zero attached hydrogens (tertiary/aromatic N) is 4. The number of hydrogen-bond donors (Lipinski definition) is 2. The lowest BCUT2D eigenvalue weighted by atomic mass is 10.3. The van der Waals surface area contributed by atoms with Crippen LogP contribution in [0.15, 0.2) is 12.7 Å². The second-order valence-electron chi connectivity index (χ2n) is 3.56. The fraction of sp³-hybridized carbons (Fsp3) is 0.500. The van der Waals surface area contributed by atoms with Gasteiger partial charge in [-0.3, -0.25) is 5.43 Å². The van der Waals surface area contributed by atoms with E-state index in [1.807, 2.05) is 20.2 Å². The molecule has 1 heterocycles. The fourth-order valence-corrected chi connectivity index (χ4v) is 1.07. The van der Waals surface area contributed by atoms with Gasteiger partial charge in [0.25, 0.3) is 0 Å². The van der Waals surface area contributed by atoms with Crippen LogP contribution in [0.25, 0.3) is 0 Å². The highest BCUT2D eigenvalue weighted by molar-refractivity contribution is 5.35. The third kappa shape index (κ3) is 4.23. The van der Waals surface area contributed by atoms with Gasteiger partial charge < -0.3 is 9.64 Å². The van der Waals surface area contributed by atoms with E-state index < -0.39 is 0 Å². The molecule has 0 unspecified atom stereocenters. The molecule has 3 N–H and O–H groups in total. The molecule has 17 heavy (non-hydrogen) atoms. The number of nitrogens with one attached hydrogen (secondary N) is 1. The van der Waals surface area contributed by atoms with E-state index in [-0.39, 0.29) is 12.0 Å². The van der Waals surface area contributed by atoms with Crippen molar-refractivity contribution >= 4 is 11.9 Å². The van der Waals surface area contributed by atoms with Crippen LogP contribution in [0.1, 0.15) is 12.8 Å². The Morgan fingerprint density at radius 1 is 1.41 bits per heavy atom. The van der Waals surface area contributed by atoms with Crippen molar-refractivity contribution in [3.05, 3.63) is 12.7 Å². The molecule has 1 rings (SSSR count). The Morgan fingerprint density at radius 2 is 2.18 bits per heavy atom. The van der Waals surface area contributed by atoms with Crippen LogP contribution in [0.2, 0.25) is 0 Å². The molecule has 0 aromatic carbocycles. The Hall–Kier alpha value is -1.89. The largest absolute Gasteiger partial charge is 0.463 e. The standard InChI is InChI=1S/C10H18N6O/c1-4-5-6-7-17-10-13-8(15-11)12-9(14-10)16(2)3/h4H,1,5-7,11H2,2-3H3,(H,12,13,14,15). The number of rotatable bonds is 7. The van der Waals surface area contributed by atoms with Crippen LogP contribution in [0.3, 0.4) is 0 Å². The van der Waals surface area contributed by atoms with Crippen LogP contribution in [-0.4, -0.2) is 35.7 Å². The van der Waals surface area contributed by atoms with Crippen LogP contribution in [0.5, 0.6) is 6.01 Å². The molecule has 0 spiro atoms. The Bertz CT molecular complexity index is 368. The Kier molecular flexibility index (Phi) is 5.15. The van der Waals surface area contributed by atoms with Gasteiger partial charge in [0.2, 0.25) is 11.9 Å². The first-order valence-corrected chi connectivity index (χ1v) is 5.31. The first-order chi connectivity index (χ1) is 8.17. The van der Waals surface area contributed by atoms with Crippen molar-refractivity contribution in [2.45, 2.75) is 12.8 Å². The van der Waals surface area contributed by atoms with E-state index >= 15 is 0 Å². The van der Waals surface area contributed by atoms with E-state index in [1.54, 1.807) is 4.90 Å². The van der Waals surface area contributed by atoms with Gasteiger partial charge in [-0.2, -0.15) is 15.0 Å². The number of anilines is 2. The monoisotopic (exact) mass is 238 g/mol. The normalized spacial score (nSPS) is 9.82. The number of nitrogen functional groups attached to an aromatic ring is 1. The fourth-order valence-electron chi connectivity index (χ4n) is 1.07. The number of allylic oxidation sites excluding steroid dienone is 1. The van der Waals surface area contributed by atoms with Crippen molar-refractivity contribution in [2.24, 2.45) is 5.84 Å². The first kappa shape index (κ1) is 13.2. The van der Waals surface area contributed by atoms with Crippen LogP contribution in [0.4, 0.5) is 11.9 Å². The lowest BCUT2D eigenvalue weighted by molar-refractivity contribution is 0.287. The summed E-state index contributed by atoms with van der Waals surface area (Å²) < 4.78 is 5.41. The van der Waals surface area contributed by atoms with Crippen LogP contribution < -0.4 is 20.9 Å². The molecule has 0 saturated heterocycles. The Morgan fingerprint density at radius 3 is 2.76 bits per heavy atom. The molecule has 0 bridgehead atoms. The van der Waals surface area contributed by atoms with Crippen LogP contribution >= 0.6 is 0 Å². The van der Waals surface area contributed by atoms with Crippen LogP contribution in [-0.2, 0) is 0 Å². The quantitative estimate of drug-likeness (QED) is 0.310. The van der Waals surface area contributed by atoms with E-state index in [4.69, 9.17) is 10.6 Å². The predicted molar refractivity (Wildman–Crippen MR) is 66.9 cm³/mol. The average Bonchev–Trinajstić information content (AvgIpc) is 2.34. The highest BCUT2D eigenvalue weighted by Gasteiger charge is 2.07. The smallest absolute Gasteiger partial charge is 0.323 e. The Balaban J connectivity index is 2.69. The zero-order chi connectivity index (χ0) is 12.7. The second kappa shape index (κ2) is 6.64. The molecule has 0 saturated carbocycles. The van der Waals surface area contributed by atoms with Gasteiger partial charge in [0.15, 0.2) is 0 Å². The summed E-state index contributed by atoms with van der Waals surface area (Å²) in [6.45, 7) is 4.17. The molecule has 0 atom stereocenters. The molecule has 0 amide bonds. The highest BCUT2D eigenvalue weighted by Crippen LogP contribution is 2.12. The van der Waals surface area contributed by atoms with Crippen molar-refractivity contribution in [3.8, 4) is 6.01 Å². The van der Waals surface area contributed by atoms with Gasteiger partial charge in [-0.1, -0.05) is 6.08 Å². The number of aromatic nitrogens is 3. The SMILES string of the molecule is C=CCCCOc1nc(NN)nc(N(C)C)n1. The lowest BCUT2D eigenvalue weighted by Gasteiger charge is -2.12. The van der Waals surface area contributed by atoms with E-state index in [1.165, 1.54) is 0 Å². The molecule has 0 fully saturated rings. The molecule has 0 aliphatic carbocycles. The number of hydrazine groups is 1. The minimum absolute atomic E-state index is 0.265.